The van der Waals surface area contributed by atoms with E-state index >= 15 is 0 Å². The van der Waals surface area contributed by atoms with E-state index in [9.17, 15) is 17.6 Å². The van der Waals surface area contributed by atoms with Crippen LogP contribution in [-0.4, -0.2) is 22.9 Å². The van der Waals surface area contributed by atoms with E-state index in [0.717, 1.165) is 3.57 Å². The fraction of sp³-hybridized carbons (Fsp3) is 0.158. The number of halogens is 5. The third-order valence-electron chi connectivity index (χ3n) is 3.62. The monoisotopic (exact) mass is 518 g/mol. The van der Waals surface area contributed by atoms with Crippen LogP contribution in [0.3, 0.4) is 0 Å². The first-order chi connectivity index (χ1) is 13.7. The van der Waals surface area contributed by atoms with Crippen LogP contribution >= 0.6 is 22.6 Å². The van der Waals surface area contributed by atoms with Gasteiger partial charge in [-0.2, -0.15) is 4.98 Å². The number of nitrogens with one attached hydrogen (secondary N) is 2. The van der Waals surface area contributed by atoms with Crippen LogP contribution in [0.15, 0.2) is 48.5 Å². The standard InChI is InChI=1S/C19H15F4IN4O/c1-2-25-18-27-16(11-4-3-5-13(8-11)29-19(21,22)23)10-17(28-18)26-15-7-6-12(24)9-14(15)20/h3-10H,2H2,1H3,(H2,25,26,27,28). The molecule has 1 heterocycles. The zero-order chi connectivity index (χ0) is 21.0. The van der Waals surface area contributed by atoms with Crippen LogP contribution in [-0.2, 0) is 0 Å². The average molecular weight is 518 g/mol. The predicted molar refractivity (Wildman–Crippen MR) is 111 cm³/mol. The van der Waals surface area contributed by atoms with Crippen LogP contribution < -0.4 is 15.4 Å². The molecule has 3 aromatic rings. The Labute approximate surface area is 177 Å². The lowest BCUT2D eigenvalue weighted by Crippen LogP contribution is -2.17. The average Bonchev–Trinajstić information content (AvgIpc) is 2.63. The molecule has 0 radical (unpaired) electrons. The van der Waals surface area contributed by atoms with Crippen molar-refractivity contribution in [3.63, 3.8) is 0 Å². The second kappa shape index (κ2) is 8.80. The molecule has 5 nitrogen and oxygen atoms in total. The summed E-state index contributed by atoms with van der Waals surface area (Å²) in [6, 6.07) is 11.6. The number of hydrogen-bond donors (Lipinski definition) is 2. The van der Waals surface area contributed by atoms with Crippen molar-refractivity contribution < 1.29 is 22.3 Å². The number of hydrogen-bond acceptors (Lipinski definition) is 5. The van der Waals surface area contributed by atoms with Crippen molar-refractivity contribution in [3.05, 3.63) is 57.9 Å². The van der Waals surface area contributed by atoms with Gasteiger partial charge in [0.15, 0.2) is 0 Å². The summed E-state index contributed by atoms with van der Waals surface area (Å²) in [6.45, 7) is 2.37. The summed E-state index contributed by atoms with van der Waals surface area (Å²) in [5.74, 6) is -0.284. The second-order valence-corrected chi connectivity index (χ2v) is 7.06. The third-order valence-corrected chi connectivity index (χ3v) is 4.29. The molecule has 0 bridgehead atoms. The molecule has 0 aliphatic rings. The molecule has 3 rings (SSSR count). The Morgan fingerprint density at radius 3 is 2.55 bits per heavy atom. The minimum Gasteiger partial charge on any atom is -0.406 e. The Morgan fingerprint density at radius 2 is 1.86 bits per heavy atom. The van der Waals surface area contributed by atoms with E-state index < -0.39 is 12.2 Å². The van der Waals surface area contributed by atoms with E-state index in [0.29, 0.717) is 17.8 Å². The molecular weight excluding hydrogens is 503 g/mol. The van der Waals surface area contributed by atoms with Crippen molar-refractivity contribution in [2.24, 2.45) is 0 Å². The molecule has 2 N–H and O–H groups in total. The van der Waals surface area contributed by atoms with Crippen molar-refractivity contribution >= 4 is 40.0 Å². The minimum absolute atomic E-state index is 0.215. The number of rotatable bonds is 6. The smallest absolute Gasteiger partial charge is 0.406 e. The molecule has 0 saturated carbocycles. The molecule has 29 heavy (non-hydrogen) atoms. The highest BCUT2D eigenvalue weighted by molar-refractivity contribution is 14.1. The summed E-state index contributed by atoms with van der Waals surface area (Å²) < 4.78 is 56.4. The van der Waals surface area contributed by atoms with Gasteiger partial charge in [-0.3, -0.25) is 0 Å². The van der Waals surface area contributed by atoms with E-state index in [1.165, 1.54) is 30.3 Å². The number of nitrogens with zero attached hydrogens (tertiary/aromatic N) is 2. The molecule has 0 amide bonds. The summed E-state index contributed by atoms with van der Waals surface area (Å²) in [6.07, 6.45) is -4.80. The summed E-state index contributed by atoms with van der Waals surface area (Å²) >= 11 is 2.00. The molecular formula is C19H15F4IN4O. The van der Waals surface area contributed by atoms with Crippen LogP contribution in [0.25, 0.3) is 11.3 Å². The lowest BCUT2D eigenvalue weighted by atomic mass is 10.1. The van der Waals surface area contributed by atoms with E-state index in [1.54, 1.807) is 18.2 Å². The number of aromatic nitrogens is 2. The lowest BCUT2D eigenvalue weighted by molar-refractivity contribution is -0.274. The van der Waals surface area contributed by atoms with Gasteiger partial charge in [-0.25, -0.2) is 9.37 Å². The van der Waals surface area contributed by atoms with Gasteiger partial charge in [0.25, 0.3) is 0 Å². The highest BCUT2D eigenvalue weighted by atomic mass is 127. The Hall–Kier alpha value is -2.63. The molecule has 0 fully saturated rings. The van der Waals surface area contributed by atoms with Gasteiger partial charge in [-0.05, 0) is 59.8 Å². The molecule has 0 atom stereocenters. The second-order valence-electron chi connectivity index (χ2n) is 5.82. The van der Waals surface area contributed by atoms with E-state index in [4.69, 9.17) is 0 Å². The molecule has 0 saturated heterocycles. The van der Waals surface area contributed by atoms with E-state index in [2.05, 4.69) is 25.3 Å². The number of alkyl halides is 3. The van der Waals surface area contributed by atoms with E-state index in [1.807, 2.05) is 29.5 Å². The van der Waals surface area contributed by atoms with Crippen LogP contribution in [0.2, 0.25) is 0 Å². The first-order valence-electron chi connectivity index (χ1n) is 8.44. The molecule has 152 valence electrons. The van der Waals surface area contributed by atoms with Gasteiger partial charge in [0, 0.05) is 21.7 Å². The summed E-state index contributed by atoms with van der Waals surface area (Å²) in [5.41, 5.74) is 0.947. The van der Waals surface area contributed by atoms with Crippen molar-refractivity contribution in [2.75, 3.05) is 17.2 Å². The van der Waals surface area contributed by atoms with Crippen molar-refractivity contribution in [3.8, 4) is 17.0 Å². The highest BCUT2D eigenvalue weighted by Crippen LogP contribution is 2.29. The SMILES string of the molecule is CCNc1nc(Nc2ccc(I)cc2F)cc(-c2cccc(OC(F)(F)F)c2)n1. The van der Waals surface area contributed by atoms with Gasteiger partial charge in [0.2, 0.25) is 5.95 Å². The molecule has 10 heteroatoms. The summed E-state index contributed by atoms with van der Waals surface area (Å²) in [4.78, 5) is 8.59. The maximum Gasteiger partial charge on any atom is 0.573 e. The van der Waals surface area contributed by atoms with Crippen molar-refractivity contribution in [1.29, 1.82) is 0 Å². The Morgan fingerprint density at radius 1 is 1.07 bits per heavy atom. The third kappa shape index (κ3) is 5.92. The fourth-order valence-electron chi connectivity index (χ4n) is 2.48. The van der Waals surface area contributed by atoms with Crippen LogP contribution in [0.4, 0.5) is 35.0 Å². The zero-order valence-electron chi connectivity index (χ0n) is 15.0. The molecule has 0 unspecified atom stereocenters. The van der Waals surface area contributed by atoms with Crippen LogP contribution in [0.1, 0.15) is 6.92 Å². The first kappa shape index (κ1) is 21.1. The Bertz CT molecular complexity index is 1010. The Kier molecular flexibility index (Phi) is 6.40. The number of ether oxygens (including phenoxy) is 1. The molecule has 0 spiro atoms. The van der Waals surface area contributed by atoms with Gasteiger partial charge in [-0.15, -0.1) is 13.2 Å². The highest BCUT2D eigenvalue weighted by Gasteiger charge is 2.31. The Balaban J connectivity index is 1.98. The summed E-state index contributed by atoms with van der Waals surface area (Å²) in [5, 5.41) is 5.83. The van der Waals surface area contributed by atoms with Gasteiger partial charge >= 0.3 is 6.36 Å². The minimum atomic E-state index is -4.80. The molecule has 1 aromatic heterocycles. The maximum absolute atomic E-state index is 14.2. The zero-order valence-corrected chi connectivity index (χ0v) is 17.2. The van der Waals surface area contributed by atoms with Gasteiger partial charge in [0.05, 0.1) is 11.4 Å². The van der Waals surface area contributed by atoms with Crippen molar-refractivity contribution in [2.45, 2.75) is 13.3 Å². The predicted octanol–water partition coefficient (Wildman–Crippen LogP) is 5.96. The lowest BCUT2D eigenvalue weighted by Gasteiger charge is -2.13. The molecule has 2 aromatic carbocycles. The van der Waals surface area contributed by atoms with Gasteiger partial charge in [-0.1, -0.05) is 12.1 Å². The number of benzene rings is 2. The topological polar surface area (TPSA) is 59.1 Å². The van der Waals surface area contributed by atoms with Crippen molar-refractivity contribution in [1.82, 2.24) is 9.97 Å². The van der Waals surface area contributed by atoms with E-state index in [-0.39, 0.29) is 23.2 Å². The molecule has 0 aliphatic heterocycles. The van der Waals surface area contributed by atoms with Crippen LogP contribution in [0.5, 0.6) is 5.75 Å². The largest absolute Gasteiger partial charge is 0.573 e. The fourth-order valence-corrected chi connectivity index (χ4v) is 2.93. The first-order valence-corrected chi connectivity index (χ1v) is 9.52. The van der Waals surface area contributed by atoms with Gasteiger partial charge in [0.1, 0.15) is 17.4 Å². The molecule has 0 aliphatic carbocycles. The van der Waals surface area contributed by atoms with Crippen LogP contribution in [0, 0.1) is 9.39 Å². The summed E-state index contributed by atoms with van der Waals surface area (Å²) in [7, 11) is 0. The normalized spacial score (nSPS) is 11.2. The number of anilines is 3. The van der Waals surface area contributed by atoms with Gasteiger partial charge < -0.3 is 15.4 Å². The quantitative estimate of drug-likeness (QED) is 0.312. The maximum atomic E-state index is 14.2.